The summed E-state index contributed by atoms with van der Waals surface area (Å²) < 4.78 is 24.3. The Kier molecular flexibility index (Phi) is 14.9. The number of benzene rings is 2. The molecule has 380 valence electrons. The number of likely N-dealkylation sites (N-methyl/N-ethyl adjacent to an activating group) is 1. The number of carbonyl (C=O) groups excluding carboxylic acids is 4. The number of cyclic esters (lactones) is 1. The lowest BCUT2D eigenvalue weighted by atomic mass is 9.77. The van der Waals surface area contributed by atoms with Crippen LogP contribution in [0.4, 0.5) is 0 Å². The van der Waals surface area contributed by atoms with Crippen LogP contribution in [0.1, 0.15) is 90.2 Å². The number of aromatic nitrogens is 3. The molecule has 16 nitrogen and oxygen atoms in total. The molecule has 71 heavy (non-hydrogen) atoms. The van der Waals surface area contributed by atoms with Gasteiger partial charge in [-0.25, -0.2) is 4.79 Å². The fourth-order valence-corrected chi connectivity index (χ4v) is 11.4. The van der Waals surface area contributed by atoms with Crippen LogP contribution in [0.5, 0.6) is 5.75 Å². The maximum Gasteiger partial charge on any atom is 0.379 e. The second-order valence-corrected chi connectivity index (χ2v) is 21.2. The van der Waals surface area contributed by atoms with Crippen molar-refractivity contribution in [2.24, 2.45) is 24.3 Å². The van der Waals surface area contributed by atoms with Gasteiger partial charge < -0.3 is 33.7 Å². The highest BCUT2D eigenvalue weighted by Gasteiger charge is 2.57. The van der Waals surface area contributed by atoms with Crippen molar-refractivity contribution >= 4 is 40.5 Å². The molecule has 4 aromatic rings. The SMILES string of the molecule is C=C=[N+]1[C@H]2CCCN1C(=O)[C@]1(CCN1COC[C@H](C(C)C)N(C)C(=O)[C@H]1CCN(C(=O)C=C)C1)Cc1cc(O)cc(c1)-c1ccc3c(c1)c(c(-c1cn(C)nc1[C@H](C)OC)n3CC)CC(C)(C)COC2=O. The summed E-state index contributed by atoms with van der Waals surface area (Å²) in [6.45, 7) is 22.9. The first-order valence-corrected chi connectivity index (χ1v) is 25.2. The van der Waals surface area contributed by atoms with E-state index in [0.29, 0.717) is 64.8 Å². The van der Waals surface area contributed by atoms with E-state index in [9.17, 15) is 19.5 Å². The number of ether oxygens (including phenoxy) is 3. The summed E-state index contributed by atoms with van der Waals surface area (Å²) in [5, 5.41) is 19.0. The Bertz CT molecular complexity index is 2770. The summed E-state index contributed by atoms with van der Waals surface area (Å²) in [5.74, 6) is 1.86. The minimum atomic E-state index is -1.13. The zero-order valence-electron chi connectivity index (χ0n) is 43.2. The van der Waals surface area contributed by atoms with Crippen LogP contribution >= 0.6 is 0 Å². The highest BCUT2D eigenvalue weighted by atomic mass is 16.5. The Morgan fingerprint density at radius 3 is 2.54 bits per heavy atom. The van der Waals surface area contributed by atoms with E-state index in [1.54, 1.807) is 41.1 Å². The summed E-state index contributed by atoms with van der Waals surface area (Å²) >= 11 is 0. The Balaban J connectivity index is 1.18. The van der Waals surface area contributed by atoms with Gasteiger partial charge in [-0.15, -0.1) is 5.01 Å². The number of amides is 3. The van der Waals surface area contributed by atoms with Gasteiger partial charge in [-0.1, -0.05) is 46.4 Å². The molecule has 16 heteroatoms. The third-order valence-corrected chi connectivity index (χ3v) is 15.4. The maximum atomic E-state index is 15.5. The minimum absolute atomic E-state index is 0.0357. The average Bonchev–Trinajstić information content (AvgIpc) is 4.08. The molecule has 3 amide bonds. The third kappa shape index (κ3) is 9.83. The molecule has 0 unspecified atom stereocenters. The van der Waals surface area contributed by atoms with Gasteiger partial charge in [0.25, 0.3) is 11.9 Å². The van der Waals surface area contributed by atoms with Crippen LogP contribution in [0.15, 0.2) is 61.8 Å². The van der Waals surface area contributed by atoms with E-state index < -0.39 is 23.0 Å². The second kappa shape index (κ2) is 20.6. The largest absolute Gasteiger partial charge is 0.508 e. The van der Waals surface area contributed by atoms with Crippen molar-refractivity contribution < 1.29 is 43.2 Å². The van der Waals surface area contributed by atoms with Crippen LogP contribution in [-0.4, -0.2) is 151 Å². The van der Waals surface area contributed by atoms with E-state index in [2.05, 4.69) is 82.5 Å². The van der Waals surface area contributed by atoms with Crippen molar-refractivity contribution in [2.75, 3.05) is 60.3 Å². The van der Waals surface area contributed by atoms with Crippen molar-refractivity contribution in [1.82, 2.24) is 34.1 Å². The number of carbonyl (C=O) groups is 4. The Morgan fingerprint density at radius 1 is 1.08 bits per heavy atom. The van der Waals surface area contributed by atoms with E-state index >= 15 is 4.79 Å². The van der Waals surface area contributed by atoms with Gasteiger partial charge in [-0.05, 0) is 103 Å². The fourth-order valence-electron chi connectivity index (χ4n) is 11.4. The predicted molar refractivity (Wildman–Crippen MR) is 271 cm³/mol. The molecule has 6 heterocycles. The number of esters is 1. The molecule has 8 rings (SSSR count). The highest BCUT2D eigenvalue weighted by molar-refractivity contribution is 5.95. The van der Waals surface area contributed by atoms with E-state index in [1.165, 1.54) is 10.8 Å². The molecule has 0 aliphatic carbocycles. The van der Waals surface area contributed by atoms with Gasteiger partial charge in [0.1, 0.15) is 17.0 Å². The lowest BCUT2D eigenvalue weighted by Gasteiger charge is -2.52. The van der Waals surface area contributed by atoms with Gasteiger partial charge in [0, 0.05) is 94.9 Å². The van der Waals surface area contributed by atoms with E-state index in [4.69, 9.17) is 19.3 Å². The molecule has 0 saturated carbocycles. The molecule has 5 atom stereocenters. The first-order valence-electron chi connectivity index (χ1n) is 25.2. The lowest BCUT2D eigenvalue weighted by molar-refractivity contribution is -0.695. The van der Waals surface area contributed by atoms with Crippen molar-refractivity contribution in [2.45, 2.75) is 110 Å². The summed E-state index contributed by atoms with van der Waals surface area (Å²) in [6, 6.07) is 10.9. The van der Waals surface area contributed by atoms with Crippen molar-refractivity contribution in [3.8, 4) is 28.1 Å². The molecule has 2 aromatic heterocycles. The first kappa shape index (κ1) is 51.3. The summed E-state index contributed by atoms with van der Waals surface area (Å²) in [6.07, 6.45) is 5.93. The number of phenols is 1. The summed E-state index contributed by atoms with van der Waals surface area (Å²) in [7, 11) is 5.40. The number of aromatic hydroxyl groups is 1. The van der Waals surface area contributed by atoms with Gasteiger partial charge in [-0.2, -0.15) is 5.10 Å². The van der Waals surface area contributed by atoms with Crippen LogP contribution in [0.3, 0.4) is 0 Å². The van der Waals surface area contributed by atoms with Gasteiger partial charge >= 0.3 is 5.97 Å². The van der Waals surface area contributed by atoms with E-state index in [-0.39, 0.29) is 73.8 Å². The minimum Gasteiger partial charge on any atom is -0.508 e. The van der Waals surface area contributed by atoms with Gasteiger partial charge in [0.15, 0.2) is 5.87 Å². The predicted octanol–water partition coefficient (Wildman–Crippen LogP) is 6.52. The Hall–Kier alpha value is -6.06. The normalized spacial score (nSPS) is 22.5. The van der Waals surface area contributed by atoms with Crippen molar-refractivity contribution in [3.05, 3.63) is 78.6 Å². The molecule has 0 radical (unpaired) electrons. The second-order valence-electron chi connectivity index (χ2n) is 21.2. The monoisotopic (exact) mass is 974 g/mol. The molecule has 2 aromatic carbocycles. The summed E-state index contributed by atoms with van der Waals surface area (Å²) in [4.78, 5) is 61.4. The number of phenolic OH excluding ortho intramolecular Hbond substituents is 1. The van der Waals surface area contributed by atoms with Gasteiger partial charge in [0.2, 0.25) is 11.8 Å². The standard InChI is InChI=1S/C55H72N8O8/c1-12-48(65)59-22-19-39(30-59)51(66)58(10)47(35(4)5)32-70-34-60-23-20-55(60)28-37-24-40(26-41(64)25-37)38-17-18-45-42(27-38)43(50(61(45)13-2)44-31-57(9)56-49(44)36(6)69-11)29-54(7,8)33-71-52(67)46-16-15-21-63(53(55)68)62(46)14-3/h12,17-18,24-27,31,35-36,39,46-47H,1,3,13,15-16,19-23,28-30,32-34H2,2,4-11H3/p+1/t36-,39-,46-,47+,55-/m0/s1. The zero-order chi connectivity index (χ0) is 51.1. The van der Waals surface area contributed by atoms with Crippen LogP contribution in [0.25, 0.3) is 33.3 Å². The van der Waals surface area contributed by atoms with Crippen molar-refractivity contribution in [1.29, 1.82) is 0 Å². The average molecular weight is 974 g/mol. The number of hydrazine groups is 1. The fraction of sp³-hybridized carbons (Fsp3) is 0.545. The quantitative estimate of drug-likeness (QED) is 0.0944. The lowest BCUT2D eigenvalue weighted by Crippen LogP contribution is -2.71. The molecule has 3 fully saturated rings. The Labute approximate surface area is 418 Å². The number of fused-ring (bicyclic) bond motifs is 6. The maximum absolute atomic E-state index is 15.5. The Morgan fingerprint density at radius 2 is 1.86 bits per heavy atom. The number of hydrazone groups is 1. The highest BCUT2D eigenvalue weighted by Crippen LogP contribution is 2.44. The topological polar surface area (TPSA) is 155 Å². The molecule has 6 bridgehead atoms. The first-order chi connectivity index (χ1) is 33.8. The van der Waals surface area contributed by atoms with Crippen LogP contribution < -0.4 is 0 Å². The number of rotatable bonds is 12. The van der Waals surface area contributed by atoms with E-state index in [0.717, 1.165) is 50.1 Å². The number of nitrogens with zero attached hydrogens (tertiary/aromatic N) is 8. The number of aryl methyl sites for hydroxylation is 2. The molecule has 3 saturated heterocycles. The molecule has 4 aliphatic heterocycles. The smallest absolute Gasteiger partial charge is 0.379 e. The number of hydrogen-bond donors (Lipinski definition) is 1. The summed E-state index contributed by atoms with van der Waals surface area (Å²) in [5.41, 5.74) is 5.72. The molecular formula is C55H73N8O8+. The number of likely N-dealkylation sites (tertiary alicyclic amines) is 2. The van der Waals surface area contributed by atoms with E-state index in [1.807, 2.05) is 29.7 Å². The number of methoxy groups -OCH3 is 1. The van der Waals surface area contributed by atoms with Gasteiger partial charge in [-0.3, -0.25) is 24.0 Å². The molecular weight excluding hydrogens is 901 g/mol. The van der Waals surface area contributed by atoms with Crippen LogP contribution in [0.2, 0.25) is 0 Å². The zero-order valence-corrected chi connectivity index (χ0v) is 43.2. The van der Waals surface area contributed by atoms with Crippen LogP contribution in [-0.2, 0) is 59.8 Å². The van der Waals surface area contributed by atoms with Crippen LogP contribution in [0, 0.1) is 17.3 Å². The van der Waals surface area contributed by atoms with Crippen molar-refractivity contribution in [3.63, 3.8) is 0 Å². The van der Waals surface area contributed by atoms with Gasteiger partial charge in [0.05, 0.1) is 50.2 Å². The third-order valence-electron chi connectivity index (χ3n) is 15.4. The molecule has 1 spiro atoms. The molecule has 1 N–H and O–H groups in total. The number of hydrogen-bond acceptors (Lipinski definition) is 10. The molecule has 4 aliphatic rings.